The van der Waals surface area contributed by atoms with Crippen LogP contribution in [0.1, 0.15) is 34.1 Å². The predicted molar refractivity (Wildman–Crippen MR) is 174 cm³/mol. The number of aryl methyl sites for hydroxylation is 1. The summed E-state index contributed by atoms with van der Waals surface area (Å²) in [6, 6.07) is 20.8. The molecule has 1 aromatic heterocycles. The Morgan fingerprint density at radius 1 is 0.872 bits per heavy atom. The van der Waals surface area contributed by atoms with Gasteiger partial charge in [0, 0.05) is 34.2 Å². The number of benzene rings is 3. The molecule has 1 N–H and O–H groups in total. The Bertz CT molecular complexity index is 1760. The van der Waals surface area contributed by atoms with Crippen LogP contribution in [-0.2, 0) is 44.7 Å². The fourth-order valence-electron chi connectivity index (χ4n) is 5.52. The number of para-hydroxylation sites is 2. The van der Waals surface area contributed by atoms with Crippen LogP contribution in [0.25, 0.3) is 21.8 Å². The predicted octanol–water partition coefficient (Wildman–Crippen LogP) is 4.41. The maximum Gasteiger partial charge on any atom is 0.303 e. The summed E-state index contributed by atoms with van der Waals surface area (Å²) in [5.74, 6) is -1.52. The Kier molecular flexibility index (Phi) is 11.0. The Labute approximate surface area is 276 Å². The van der Waals surface area contributed by atoms with Crippen molar-refractivity contribution in [2.24, 2.45) is 0 Å². The SMILES string of the molecule is CC(=O)N[C@H]1[C@@H](OC(C)=O)[C@H](OC(C)=O)[C@H](COC(C)=O)O[C@@H]1Sc1nc2ccccc2n1CCCOc1ccc2ccccc2c1. The van der Waals surface area contributed by atoms with E-state index in [2.05, 4.69) is 11.4 Å². The van der Waals surface area contributed by atoms with Gasteiger partial charge in [-0.25, -0.2) is 4.98 Å². The minimum Gasteiger partial charge on any atom is -0.494 e. The molecule has 0 unspecified atom stereocenters. The molecule has 0 spiro atoms. The number of hydrogen-bond donors (Lipinski definition) is 1. The van der Waals surface area contributed by atoms with Crippen LogP contribution in [0.15, 0.2) is 71.9 Å². The van der Waals surface area contributed by atoms with Crippen LogP contribution in [0, 0.1) is 0 Å². The summed E-state index contributed by atoms with van der Waals surface area (Å²) in [4.78, 5) is 53.4. The van der Waals surface area contributed by atoms with Crippen molar-refractivity contribution in [2.75, 3.05) is 13.2 Å². The molecular weight excluding hydrogens is 626 g/mol. The van der Waals surface area contributed by atoms with Gasteiger partial charge in [0.15, 0.2) is 17.4 Å². The molecule has 0 bridgehead atoms. The molecule has 12 nitrogen and oxygen atoms in total. The monoisotopic (exact) mass is 663 g/mol. The topological polar surface area (TPSA) is 144 Å². The average Bonchev–Trinajstić information content (AvgIpc) is 3.37. The third-order valence-electron chi connectivity index (χ3n) is 7.43. The summed E-state index contributed by atoms with van der Waals surface area (Å²) in [6.45, 7) is 5.70. The Morgan fingerprint density at radius 3 is 2.30 bits per heavy atom. The minimum absolute atomic E-state index is 0.280. The molecule has 1 fully saturated rings. The molecule has 13 heteroatoms. The molecule has 5 atom stereocenters. The third kappa shape index (κ3) is 8.60. The summed E-state index contributed by atoms with van der Waals surface area (Å²) in [7, 11) is 0. The molecule has 47 heavy (non-hydrogen) atoms. The number of rotatable bonds is 12. The number of esters is 3. The second kappa shape index (κ2) is 15.3. The van der Waals surface area contributed by atoms with Crippen LogP contribution in [0.3, 0.4) is 0 Å². The molecule has 1 amide bonds. The van der Waals surface area contributed by atoms with Gasteiger partial charge in [-0.15, -0.1) is 0 Å². The first kappa shape index (κ1) is 33.7. The number of nitrogens with zero attached hydrogens (tertiary/aromatic N) is 2. The molecule has 0 radical (unpaired) electrons. The van der Waals surface area contributed by atoms with E-state index in [0.717, 1.165) is 27.6 Å². The van der Waals surface area contributed by atoms with E-state index >= 15 is 0 Å². The summed E-state index contributed by atoms with van der Waals surface area (Å²) in [5.41, 5.74) is 0.751. The highest BCUT2D eigenvalue weighted by Gasteiger charge is 2.51. The van der Waals surface area contributed by atoms with E-state index in [-0.39, 0.29) is 6.61 Å². The van der Waals surface area contributed by atoms with Crippen LogP contribution in [0.5, 0.6) is 5.75 Å². The zero-order valence-electron chi connectivity index (χ0n) is 26.5. The highest BCUT2D eigenvalue weighted by atomic mass is 32.2. The molecule has 4 aromatic rings. The van der Waals surface area contributed by atoms with E-state index in [1.165, 1.54) is 39.5 Å². The van der Waals surface area contributed by atoms with Crippen molar-refractivity contribution in [3.8, 4) is 5.75 Å². The molecule has 5 rings (SSSR count). The van der Waals surface area contributed by atoms with Crippen LogP contribution in [0.2, 0.25) is 0 Å². The second-order valence-electron chi connectivity index (χ2n) is 11.1. The van der Waals surface area contributed by atoms with E-state index < -0.39 is 53.6 Å². The lowest BCUT2D eigenvalue weighted by Gasteiger charge is -2.44. The Hall–Kier alpha value is -4.62. The van der Waals surface area contributed by atoms with Crippen molar-refractivity contribution >= 4 is 57.4 Å². The molecule has 0 saturated carbocycles. The van der Waals surface area contributed by atoms with Crippen molar-refractivity contribution < 1.29 is 42.9 Å². The number of carbonyl (C=O) groups is 4. The van der Waals surface area contributed by atoms with Gasteiger partial charge >= 0.3 is 17.9 Å². The highest BCUT2D eigenvalue weighted by Crippen LogP contribution is 2.37. The van der Waals surface area contributed by atoms with Crippen LogP contribution in [0.4, 0.5) is 0 Å². The van der Waals surface area contributed by atoms with Gasteiger partial charge in [-0.3, -0.25) is 19.2 Å². The maximum absolute atomic E-state index is 12.4. The first-order valence-electron chi connectivity index (χ1n) is 15.2. The summed E-state index contributed by atoms with van der Waals surface area (Å²) in [6.07, 6.45) is -2.68. The molecule has 1 aliphatic rings. The van der Waals surface area contributed by atoms with E-state index in [1.54, 1.807) is 0 Å². The summed E-state index contributed by atoms with van der Waals surface area (Å²) in [5, 5.41) is 5.63. The fourth-order valence-corrected chi connectivity index (χ4v) is 6.77. The van der Waals surface area contributed by atoms with Gasteiger partial charge in [-0.2, -0.15) is 0 Å². The third-order valence-corrected chi connectivity index (χ3v) is 8.59. The number of nitrogens with one attached hydrogen (secondary N) is 1. The summed E-state index contributed by atoms with van der Waals surface area (Å²) >= 11 is 1.21. The molecule has 248 valence electrons. The molecule has 1 aliphatic heterocycles. The molecular formula is C34H37N3O9S. The number of amides is 1. The standard InChI is InChI=1S/C34H37N3O9S/c1-20(38)35-30-32(45-23(4)41)31(44-22(3)40)29(19-43-21(2)39)46-33(30)47-34-36-27-12-7-8-13-28(27)37(34)16-9-17-42-26-15-14-24-10-5-6-11-25(24)18-26/h5-8,10-15,18,29-33H,9,16-17,19H2,1-4H3,(H,35,38)/t29-,30-,31+,32+,33+/m0/s1. The van der Waals surface area contributed by atoms with Crippen LogP contribution in [-0.4, -0.2) is 76.4 Å². The van der Waals surface area contributed by atoms with Crippen molar-refractivity contribution in [3.05, 3.63) is 66.7 Å². The van der Waals surface area contributed by atoms with Gasteiger partial charge in [0.05, 0.1) is 17.6 Å². The van der Waals surface area contributed by atoms with E-state index in [4.69, 9.17) is 28.7 Å². The highest BCUT2D eigenvalue weighted by molar-refractivity contribution is 7.99. The lowest BCUT2D eigenvalue weighted by Crippen LogP contribution is -2.65. The van der Waals surface area contributed by atoms with E-state index in [0.29, 0.717) is 24.7 Å². The number of hydrogen-bond acceptors (Lipinski definition) is 11. The van der Waals surface area contributed by atoms with Gasteiger partial charge in [-0.05, 0) is 41.5 Å². The number of carbonyl (C=O) groups excluding carboxylic acids is 4. The number of aromatic nitrogens is 2. The van der Waals surface area contributed by atoms with E-state index in [1.807, 2.05) is 65.2 Å². The van der Waals surface area contributed by atoms with Crippen molar-refractivity contribution in [1.29, 1.82) is 0 Å². The minimum atomic E-state index is -1.17. The van der Waals surface area contributed by atoms with E-state index in [9.17, 15) is 19.2 Å². The number of ether oxygens (including phenoxy) is 5. The first-order chi connectivity index (χ1) is 22.6. The molecule has 0 aliphatic carbocycles. The molecule has 2 heterocycles. The molecule has 3 aromatic carbocycles. The van der Waals surface area contributed by atoms with Gasteiger partial charge in [0.2, 0.25) is 5.91 Å². The fraction of sp³-hybridized carbons (Fsp3) is 0.382. The zero-order valence-corrected chi connectivity index (χ0v) is 27.4. The maximum atomic E-state index is 12.4. The average molecular weight is 664 g/mol. The van der Waals surface area contributed by atoms with Gasteiger partial charge in [-0.1, -0.05) is 54.2 Å². The number of thioether (sulfide) groups is 1. The lowest BCUT2D eigenvalue weighted by molar-refractivity contribution is -0.211. The normalized spacial score (nSPS) is 20.8. The number of imidazole rings is 1. The quantitative estimate of drug-likeness (QED) is 0.131. The first-order valence-corrected chi connectivity index (χ1v) is 16.1. The van der Waals surface area contributed by atoms with Gasteiger partial charge in [0.1, 0.15) is 29.9 Å². The second-order valence-corrected chi connectivity index (χ2v) is 12.1. The Morgan fingerprint density at radius 2 is 1.57 bits per heavy atom. The largest absolute Gasteiger partial charge is 0.494 e. The van der Waals surface area contributed by atoms with Crippen molar-refractivity contribution in [3.63, 3.8) is 0 Å². The lowest BCUT2D eigenvalue weighted by atomic mass is 9.97. The van der Waals surface area contributed by atoms with Crippen LogP contribution < -0.4 is 10.1 Å². The smallest absolute Gasteiger partial charge is 0.303 e. The van der Waals surface area contributed by atoms with Gasteiger partial charge in [0.25, 0.3) is 0 Å². The Balaban J connectivity index is 1.41. The van der Waals surface area contributed by atoms with Gasteiger partial charge < -0.3 is 33.6 Å². The molecule has 1 saturated heterocycles. The van der Waals surface area contributed by atoms with Crippen LogP contribution >= 0.6 is 11.8 Å². The number of fused-ring (bicyclic) bond motifs is 2. The van der Waals surface area contributed by atoms with Crippen molar-refractivity contribution in [2.45, 2.75) is 75.6 Å². The zero-order chi connectivity index (χ0) is 33.5. The summed E-state index contributed by atoms with van der Waals surface area (Å²) < 4.78 is 30.9. The van der Waals surface area contributed by atoms with Crippen molar-refractivity contribution in [1.82, 2.24) is 14.9 Å².